The van der Waals surface area contributed by atoms with E-state index in [1.165, 1.54) is 35.4 Å². The van der Waals surface area contributed by atoms with Crippen LogP contribution in [0.3, 0.4) is 0 Å². The Morgan fingerprint density at radius 3 is 2.50 bits per heavy atom. The van der Waals surface area contributed by atoms with Crippen LogP contribution in [0.2, 0.25) is 0 Å². The molecule has 190 valence electrons. The highest BCUT2D eigenvalue weighted by atomic mass is 79.9. The first-order chi connectivity index (χ1) is 16.9. The smallest absolute Gasteiger partial charge is 0.331 e. The molecule has 0 spiro atoms. The Labute approximate surface area is 218 Å². The molecule has 3 aromatic rings. The number of hydrogen-bond donors (Lipinski definition) is 2. The van der Waals surface area contributed by atoms with Gasteiger partial charge in [-0.15, -0.1) is 11.3 Å². The summed E-state index contributed by atoms with van der Waals surface area (Å²) in [5, 5.41) is 26.5. The molecule has 3 heterocycles. The van der Waals surface area contributed by atoms with Gasteiger partial charge in [-0.25, -0.2) is 14.2 Å². The molecule has 1 aromatic carbocycles. The molecule has 1 aliphatic rings. The summed E-state index contributed by atoms with van der Waals surface area (Å²) in [6.45, 7) is 5.35. The third kappa shape index (κ3) is 4.43. The molecule has 1 amide bonds. The topological polar surface area (TPSA) is 126 Å². The van der Waals surface area contributed by atoms with Crippen molar-refractivity contribution in [1.29, 1.82) is 0 Å². The van der Waals surface area contributed by atoms with Gasteiger partial charge in [-0.05, 0) is 35.6 Å². The highest BCUT2D eigenvalue weighted by molar-refractivity contribution is 9.10. The number of carboxylic acid groups (broad SMARTS) is 2. The van der Waals surface area contributed by atoms with Gasteiger partial charge in [0, 0.05) is 28.4 Å². The second kappa shape index (κ2) is 9.40. The van der Waals surface area contributed by atoms with E-state index in [1.54, 1.807) is 11.4 Å². The predicted octanol–water partition coefficient (Wildman–Crippen LogP) is 4.35. The first kappa shape index (κ1) is 26.0. The molecule has 0 bridgehead atoms. The molecule has 3 unspecified atom stereocenters. The van der Waals surface area contributed by atoms with Crippen LogP contribution in [0.5, 0.6) is 0 Å². The zero-order chi connectivity index (χ0) is 26.4. The molecular weight excluding hydrogens is 555 g/mol. The van der Waals surface area contributed by atoms with Gasteiger partial charge >= 0.3 is 11.9 Å². The monoisotopic (exact) mass is 578 g/mol. The molecule has 2 aromatic heterocycles. The lowest BCUT2D eigenvalue weighted by atomic mass is 9.86. The number of carboxylic acids is 2. The van der Waals surface area contributed by atoms with Crippen molar-refractivity contribution in [3.63, 3.8) is 0 Å². The number of rotatable bonds is 6. The fourth-order valence-electron chi connectivity index (χ4n) is 4.70. The van der Waals surface area contributed by atoms with Gasteiger partial charge in [-0.3, -0.25) is 14.3 Å². The van der Waals surface area contributed by atoms with E-state index in [4.69, 9.17) is 0 Å². The maximum absolute atomic E-state index is 15.5. The largest absolute Gasteiger partial charge is 0.481 e. The number of amides is 1. The van der Waals surface area contributed by atoms with Crippen molar-refractivity contribution in [2.24, 2.45) is 5.92 Å². The maximum atomic E-state index is 15.5. The van der Waals surface area contributed by atoms with E-state index in [0.29, 0.717) is 10.0 Å². The van der Waals surface area contributed by atoms with Gasteiger partial charge in [0.15, 0.2) is 5.54 Å². The minimum atomic E-state index is -2.02. The molecular formula is C24H24BrFN4O5S. The lowest BCUT2D eigenvalue weighted by Gasteiger charge is -2.37. The maximum Gasteiger partial charge on any atom is 0.331 e. The Balaban J connectivity index is 1.94. The minimum absolute atomic E-state index is 0.255. The summed E-state index contributed by atoms with van der Waals surface area (Å²) in [5.74, 6) is -5.74. The Morgan fingerprint density at radius 2 is 1.97 bits per heavy atom. The summed E-state index contributed by atoms with van der Waals surface area (Å²) in [4.78, 5) is 44.5. The van der Waals surface area contributed by atoms with E-state index in [9.17, 15) is 24.6 Å². The summed E-state index contributed by atoms with van der Waals surface area (Å²) < 4.78 is 17.3. The summed E-state index contributed by atoms with van der Waals surface area (Å²) >= 11 is 4.52. The number of thiazole rings is 1. The second-order valence-corrected chi connectivity index (χ2v) is 11.5. The number of hydrogen-bond acceptors (Lipinski definition) is 6. The molecule has 1 aliphatic heterocycles. The summed E-state index contributed by atoms with van der Waals surface area (Å²) in [6.07, 6.45) is 4.02. The highest BCUT2D eigenvalue weighted by Gasteiger charge is 2.62. The Kier molecular flexibility index (Phi) is 6.78. The van der Waals surface area contributed by atoms with Crippen LogP contribution >= 0.6 is 27.3 Å². The average Bonchev–Trinajstić information content (AvgIpc) is 3.54. The Morgan fingerprint density at radius 1 is 1.25 bits per heavy atom. The van der Waals surface area contributed by atoms with E-state index in [-0.39, 0.29) is 17.1 Å². The zero-order valence-electron chi connectivity index (χ0n) is 19.7. The number of nitrogens with zero attached hydrogens (tertiary/aromatic N) is 4. The first-order valence-electron chi connectivity index (χ1n) is 11.0. The second-order valence-electron chi connectivity index (χ2n) is 9.74. The van der Waals surface area contributed by atoms with Crippen LogP contribution in [-0.4, -0.2) is 53.3 Å². The molecule has 36 heavy (non-hydrogen) atoms. The predicted molar refractivity (Wildman–Crippen MR) is 132 cm³/mol. The van der Waals surface area contributed by atoms with E-state index in [2.05, 4.69) is 26.0 Å². The molecule has 0 radical (unpaired) electrons. The third-order valence-corrected chi connectivity index (χ3v) is 7.90. The van der Waals surface area contributed by atoms with Crippen LogP contribution < -0.4 is 0 Å². The first-order valence-corrected chi connectivity index (χ1v) is 12.7. The lowest BCUT2D eigenvalue weighted by molar-refractivity contribution is -0.150. The fourth-order valence-corrected chi connectivity index (χ4v) is 6.43. The minimum Gasteiger partial charge on any atom is -0.481 e. The van der Waals surface area contributed by atoms with Crippen LogP contribution in [0.25, 0.3) is 0 Å². The fraction of sp³-hybridized carbons (Fsp3) is 0.375. The number of aliphatic carboxylic acids is 2. The third-order valence-electron chi connectivity index (χ3n) is 6.39. The number of halogens is 2. The van der Waals surface area contributed by atoms with E-state index in [1.807, 2.05) is 20.8 Å². The van der Waals surface area contributed by atoms with Crippen molar-refractivity contribution in [1.82, 2.24) is 19.7 Å². The molecule has 1 fully saturated rings. The van der Waals surface area contributed by atoms with Crippen LogP contribution in [0.1, 0.15) is 54.2 Å². The number of aromatic nitrogens is 3. The molecule has 12 heteroatoms. The van der Waals surface area contributed by atoms with Gasteiger partial charge in [0.1, 0.15) is 10.8 Å². The number of carbonyl (C=O) groups is 3. The average molecular weight is 579 g/mol. The molecule has 3 atom stereocenters. The molecule has 1 saturated heterocycles. The molecule has 4 rings (SSSR count). The molecule has 0 saturated carbocycles. The molecule has 9 nitrogen and oxygen atoms in total. The van der Waals surface area contributed by atoms with Gasteiger partial charge < -0.3 is 15.1 Å². The van der Waals surface area contributed by atoms with E-state index < -0.39 is 53.0 Å². The van der Waals surface area contributed by atoms with Crippen LogP contribution in [0, 0.1) is 11.7 Å². The Bertz CT molecular complexity index is 1310. The van der Waals surface area contributed by atoms with Crippen LogP contribution in [-0.2, 0) is 21.5 Å². The SMILES string of the molecule is CC(C)(C)c1cc(F)c(C(=O)N2C(c3nccs3)C(C(=O)O)CC2(Cn2cccn2)C(=O)O)cc1Br. The summed E-state index contributed by atoms with van der Waals surface area (Å²) in [7, 11) is 0. The highest BCUT2D eigenvalue weighted by Crippen LogP contribution is 2.49. The number of benzene rings is 1. The Hall–Kier alpha value is -3.12. The van der Waals surface area contributed by atoms with Crippen molar-refractivity contribution >= 4 is 45.1 Å². The van der Waals surface area contributed by atoms with E-state index >= 15 is 4.39 Å². The van der Waals surface area contributed by atoms with Gasteiger partial charge in [-0.2, -0.15) is 5.10 Å². The zero-order valence-corrected chi connectivity index (χ0v) is 22.1. The van der Waals surface area contributed by atoms with Crippen molar-refractivity contribution < 1.29 is 29.0 Å². The summed E-state index contributed by atoms with van der Waals surface area (Å²) in [5.41, 5.74) is -2.20. The van der Waals surface area contributed by atoms with Gasteiger partial charge in [0.25, 0.3) is 5.91 Å². The van der Waals surface area contributed by atoms with Crippen molar-refractivity contribution in [3.8, 4) is 0 Å². The van der Waals surface area contributed by atoms with Gasteiger partial charge in [-0.1, -0.05) is 36.7 Å². The van der Waals surface area contributed by atoms with Crippen LogP contribution in [0.4, 0.5) is 4.39 Å². The van der Waals surface area contributed by atoms with Crippen molar-refractivity contribution in [2.75, 3.05) is 0 Å². The van der Waals surface area contributed by atoms with E-state index in [0.717, 1.165) is 16.2 Å². The standard InChI is InChI=1S/C24H24BrFN4O5S/c1-23(2,3)15-10-17(26)13(9-16(15)25)20(31)30-18(19-27-6-8-36-19)14(21(32)33)11-24(30,22(34)35)12-29-7-4-5-28-29/h4-10,14,18H,11-12H2,1-3H3,(H,32,33)(H,34,35). The molecule has 2 N–H and O–H groups in total. The quantitative estimate of drug-likeness (QED) is 0.445. The number of likely N-dealkylation sites (tertiary alicyclic amines) is 1. The van der Waals surface area contributed by atoms with Crippen LogP contribution in [0.15, 0.2) is 46.6 Å². The number of carbonyl (C=O) groups excluding carboxylic acids is 1. The normalized spacial score (nSPS) is 22.1. The van der Waals surface area contributed by atoms with Gasteiger partial charge in [0.2, 0.25) is 0 Å². The van der Waals surface area contributed by atoms with Gasteiger partial charge in [0.05, 0.1) is 24.1 Å². The summed E-state index contributed by atoms with van der Waals surface area (Å²) in [6, 6.07) is 2.94. The lowest BCUT2D eigenvalue weighted by Crippen LogP contribution is -2.56. The van der Waals surface area contributed by atoms with Crippen molar-refractivity contribution in [2.45, 2.75) is 50.7 Å². The van der Waals surface area contributed by atoms with Crippen molar-refractivity contribution in [3.05, 3.63) is 68.6 Å². The molecule has 0 aliphatic carbocycles.